The quantitative estimate of drug-likeness (QED) is 0.933. The summed E-state index contributed by atoms with van der Waals surface area (Å²) in [6, 6.07) is 1.91. The highest BCUT2D eigenvalue weighted by atomic mass is 16.5. The number of hydrogen-bond acceptors (Lipinski definition) is 5. The Kier molecular flexibility index (Phi) is 4.75. The molecule has 0 aromatic carbocycles. The van der Waals surface area contributed by atoms with Gasteiger partial charge in [-0.05, 0) is 20.8 Å². The topological polar surface area (TPSA) is 64.9 Å². The molecule has 2 aromatic rings. The molecule has 0 radical (unpaired) electrons. The van der Waals surface area contributed by atoms with Gasteiger partial charge in [0.2, 0.25) is 0 Å². The average Bonchev–Trinajstić information content (AvgIpc) is 2.86. The summed E-state index contributed by atoms with van der Waals surface area (Å²) in [5.41, 5.74) is 1.58. The van der Waals surface area contributed by atoms with Crippen molar-refractivity contribution in [1.29, 1.82) is 0 Å². The van der Waals surface area contributed by atoms with Gasteiger partial charge in [0.25, 0.3) is 0 Å². The first-order valence-electron chi connectivity index (χ1n) is 7.79. The van der Waals surface area contributed by atoms with Crippen LogP contribution in [-0.4, -0.2) is 26.9 Å². The summed E-state index contributed by atoms with van der Waals surface area (Å²) in [5.74, 6) is 1.54. The van der Waals surface area contributed by atoms with Gasteiger partial charge in [0.15, 0.2) is 0 Å². The standard InChI is InChI=1S/C17H27N5O/c1-16(2,3)15-20-12(11-23-7)8-14(21-15)19-13-9-18-22(10-13)17(4,5)6/h8-10H,11H2,1-7H3,(H,19,20,21). The minimum Gasteiger partial charge on any atom is -0.378 e. The van der Waals surface area contributed by atoms with Gasteiger partial charge in [-0.15, -0.1) is 0 Å². The van der Waals surface area contributed by atoms with Gasteiger partial charge in [-0.1, -0.05) is 20.8 Å². The minimum absolute atomic E-state index is 0.0522. The minimum atomic E-state index is -0.129. The van der Waals surface area contributed by atoms with E-state index in [9.17, 15) is 0 Å². The largest absolute Gasteiger partial charge is 0.378 e. The second-order valence-corrected chi connectivity index (χ2v) is 7.72. The number of hydrogen-bond donors (Lipinski definition) is 1. The Morgan fingerprint density at radius 1 is 1.13 bits per heavy atom. The van der Waals surface area contributed by atoms with Gasteiger partial charge in [0, 0.05) is 24.8 Å². The van der Waals surface area contributed by atoms with Crippen molar-refractivity contribution in [3.05, 3.63) is 30.0 Å². The lowest BCUT2D eigenvalue weighted by atomic mass is 9.95. The van der Waals surface area contributed by atoms with Crippen LogP contribution in [0.25, 0.3) is 0 Å². The third kappa shape index (κ3) is 4.51. The van der Waals surface area contributed by atoms with E-state index >= 15 is 0 Å². The van der Waals surface area contributed by atoms with Crippen molar-refractivity contribution in [2.75, 3.05) is 12.4 Å². The fraction of sp³-hybridized carbons (Fsp3) is 0.588. The molecule has 2 aromatic heterocycles. The van der Waals surface area contributed by atoms with Crippen LogP contribution >= 0.6 is 0 Å². The van der Waals surface area contributed by atoms with Crippen LogP contribution in [-0.2, 0) is 22.3 Å². The molecular weight excluding hydrogens is 290 g/mol. The molecule has 0 aliphatic carbocycles. The van der Waals surface area contributed by atoms with Crippen LogP contribution in [0.1, 0.15) is 53.1 Å². The van der Waals surface area contributed by atoms with Crippen LogP contribution in [0.2, 0.25) is 0 Å². The number of rotatable bonds is 4. The molecule has 0 fully saturated rings. The Morgan fingerprint density at radius 2 is 1.83 bits per heavy atom. The fourth-order valence-electron chi connectivity index (χ4n) is 2.02. The molecule has 0 unspecified atom stereocenters. The molecule has 0 amide bonds. The van der Waals surface area contributed by atoms with E-state index in [2.05, 4.69) is 61.9 Å². The van der Waals surface area contributed by atoms with Crippen LogP contribution in [0.3, 0.4) is 0 Å². The second kappa shape index (κ2) is 6.28. The first-order valence-corrected chi connectivity index (χ1v) is 7.79. The van der Waals surface area contributed by atoms with Gasteiger partial charge in [-0.25, -0.2) is 9.97 Å². The highest BCUT2D eigenvalue weighted by Crippen LogP contribution is 2.23. The van der Waals surface area contributed by atoms with Gasteiger partial charge in [-0.2, -0.15) is 5.10 Å². The van der Waals surface area contributed by atoms with Crippen molar-refractivity contribution < 1.29 is 4.74 Å². The molecule has 126 valence electrons. The summed E-state index contributed by atoms with van der Waals surface area (Å²) in [5, 5.41) is 7.72. The zero-order valence-electron chi connectivity index (χ0n) is 15.1. The van der Waals surface area contributed by atoms with Crippen LogP contribution < -0.4 is 5.32 Å². The van der Waals surface area contributed by atoms with E-state index in [1.807, 2.05) is 16.9 Å². The molecule has 2 heterocycles. The number of nitrogens with one attached hydrogen (secondary N) is 1. The lowest BCUT2D eigenvalue weighted by Gasteiger charge is -2.19. The lowest BCUT2D eigenvalue weighted by Crippen LogP contribution is -2.21. The van der Waals surface area contributed by atoms with Crippen molar-refractivity contribution >= 4 is 11.5 Å². The summed E-state index contributed by atoms with van der Waals surface area (Å²) < 4.78 is 7.14. The predicted molar refractivity (Wildman–Crippen MR) is 92.0 cm³/mol. The van der Waals surface area contributed by atoms with Crippen LogP contribution in [0, 0.1) is 0 Å². The lowest BCUT2D eigenvalue weighted by molar-refractivity contribution is 0.181. The van der Waals surface area contributed by atoms with E-state index in [0.717, 1.165) is 23.0 Å². The molecule has 6 nitrogen and oxygen atoms in total. The number of ether oxygens (including phenoxy) is 1. The summed E-state index contributed by atoms with van der Waals surface area (Å²) in [6.07, 6.45) is 3.79. The Hall–Kier alpha value is -1.95. The molecule has 0 aliphatic rings. The first kappa shape index (κ1) is 17.4. The predicted octanol–water partition coefficient (Wildman–Crippen LogP) is 3.62. The third-order valence-corrected chi connectivity index (χ3v) is 3.28. The van der Waals surface area contributed by atoms with Crippen LogP contribution in [0.4, 0.5) is 11.5 Å². The molecule has 2 rings (SSSR count). The maximum absolute atomic E-state index is 5.22. The van der Waals surface area contributed by atoms with E-state index in [4.69, 9.17) is 4.74 Å². The maximum Gasteiger partial charge on any atom is 0.136 e. The fourth-order valence-corrected chi connectivity index (χ4v) is 2.02. The van der Waals surface area contributed by atoms with Crippen molar-refractivity contribution in [1.82, 2.24) is 19.7 Å². The summed E-state index contributed by atoms with van der Waals surface area (Å²) >= 11 is 0. The molecule has 0 saturated heterocycles. The summed E-state index contributed by atoms with van der Waals surface area (Å²) in [6.45, 7) is 13.1. The van der Waals surface area contributed by atoms with Crippen LogP contribution in [0.5, 0.6) is 0 Å². The Labute approximate surface area is 138 Å². The van der Waals surface area contributed by atoms with Gasteiger partial charge >= 0.3 is 0 Å². The first-order chi connectivity index (χ1) is 10.6. The molecule has 0 aliphatic heterocycles. The van der Waals surface area contributed by atoms with Crippen molar-refractivity contribution in [2.24, 2.45) is 0 Å². The van der Waals surface area contributed by atoms with Gasteiger partial charge in [-0.3, -0.25) is 4.68 Å². The summed E-state index contributed by atoms with van der Waals surface area (Å²) in [4.78, 5) is 9.22. The van der Waals surface area contributed by atoms with Gasteiger partial charge in [0.05, 0.1) is 29.7 Å². The van der Waals surface area contributed by atoms with E-state index in [-0.39, 0.29) is 11.0 Å². The van der Waals surface area contributed by atoms with Crippen molar-refractivity contribution in [3.8, 4) is 0 Å². The normalized spacial score (nSPS) is 12.5. The number of aromatic nitrogens is 4. The van der Waals surface area contributed by atoms with Gasteiger partial charge in [0.1, 0.15) is 11.6 Å². The molecule has 23 heavy (non-hydrogen) atoms. The van der Waals surface area contributed by atoms with E-state index in [0.29, 0.717) is 6.61 Å². The summed E-state index contributed by atoms with van der Waals surface area (Å²) in [7, 11) is 1.67. The molecule has 0 saturated carbocycles. The zero-order valence-corrected chi connectivity index (χ0v) is 15.1. The highest BCUT2D eigenvalue weighted by molar-refractivity contribution is 5.54. The Balaban J connectivity index is 2.31. The smallest absolute Gasteiger partial charge is 0.136 e. The monoisotopic (exact) mass is 317 g/mol. The molecule has 6 heteroatoms. The SMILES string of the molecule is COCc1cc(Nc2cnn(C(C)(C)C)c2)nc(C(C)(C)C)n1. The van der Waals surface area contributed by atoms with E-state index in [1.54, 1.807) is 13.3 Å². The maximum atomic E-state index is 5.22. The number of anilines is 2. The molecular formula is C17H27N5O. The number of nitrogens with zero attached hydrogens (tertiary/aromatic N) is 4. The zero-order chi connectivity index (χ0) is 17.3. The van der Waals surface area contributed by atoms with Crippen molar-refractivity contribution in [2.45, 2.75) is 59.1 Å². The molecule has 0 bridgehead atoms. The van der Waals surface area contributed by atoms with Crippen LogP contribution in [0.15, 0.2) is 18.5 Å². The Morgan fingerprint density at radius 3 is 2.35 bits per heavy atom. The van der Waals surface area contributed by atoms with Crippen molar-refractivity contribution in [3.63, 3.8) is 0 Å². The number of methoxy groups -OCH3 is 1. The Bertz CT molecular complexity index is 664. The van der Waals surface area contributed by atoms with E-state index in [1.165, 1.54) is 0 Å². The van der Waals surface area contributed by atoms with Gasteiger partial charge < -0.3 is 10.1 Å². The molecule has 0 spiro atoms. The third-order valence-electron chi connectivity index (χ3n) is 3.28. The second-order valence-electron chi connectivity index (χ2n) is 7.72. The molecule has 0 atom stereocenters. The average molecular weight is 317 g/mol. The van der Waals surface area contributed by atoms with E-state index < -0.39 is 0 Å². The molecule has 1 N–H and O–H groups in total. The highest BCUT2D eigenvalue weighted by Gasteiger charge is 2.20.